The Kier molecular flexibility index (Phi) is 3.15. The highest BCUT2D eigenvalue weighted by Gasteiger charge is 2.13. The van der Waals surface area contributed by atoms with Gasteiger partial charge in [-0.25, -0.2) is 13.4 Å². The van der Waals surface area contributed by atoms with Crippen LogP contribution in [0.2, 0.25) is 5.02 Å². The summed E-state index contributed by atoms with van der Waals surface area (Å²) in [5.74, 6) is 0.338. The molecule has 0 saturated carbocycles. The number of sulfone groups is 1. The molecule has 0 unspecified atom stereocenters. The van der Waals surface area contributed by atoms with Crippen molar-refractivity contribution in [1.82, 2.24) is 4.98 Å². The third kappa shape index (κ3) is 2.72. The van der Waals surface area contributed by atoms with Crippen molar-refractivity contribution in [1.29, 1.82) is 0 Å². The molecule has 0 aliphatic rings. The number of nitrogens with two attached hydrogens (primary N) is 1. The summed E-state index contributed by atoms with van der Waals surface area (Å²) in [5, 5.41) is 0.476. The van der Waals surface area contributed by atoms with Gasteiger partial charge in [0, 0.05) is 22.5 Å². The summed E-state index contributed by atoms with van der Waals surface area (Å²) in [7, 11) is -3.29. The number of oxazole rings is 1. The van der Waals surface area contributed by atoms with Gasteiger partial charge in [-0.2, -0.15) is 0 Å². The Morgan fingerprint density at radius 1 is 1.19 bits per heavy atom. The van der Waals surface area contributed by atoms with Crippen molar-refractivity contribution in [3.8, 4) is 11.5 Å². The Balaban J connectivity index is 2.17. The maximum absolute atomic E-state index is 11.6. The highest BCUT2D eigenvalue weighted by molar-refractivity contribution is 7.90. The van der Waals surface area contributed by atoms with E-state index < -0.39 is 9.84 Å². The van der Waals surface area contributed by atoms with Gasteiger partial charge < -0.3 is 10.2 Å². The number of hydrogen-bond donors (Lipinski definition) is 1. The Hall–Kier alpha value is -2.05. The zero-order valence-electron chi connectivity index (χ0n) is 11.0. The van der Waals surface area contributed by atoms with Gasteiger partial charge >= 0.3 is 0 Å². The van der Waals surface area contributed by atoms with Gasteiger partial charge in [0.15, 0.2) is 15.4 Å². The minimum Gasteiger partial charge on any atom is -0.436 e. The Labute approximate surface area is 126 Å². The molecule has 0 fully saturated rings. The van der Waals surface area contributed by atoms with Crippen molar-refractivity contribution in [2.45, 2.75) is 4.90 Å². The number of nitrogen functional groups attached to an aromatic ring is 1. The van der Waals surface area contributed by atoms with Crippen LogP contribution in [-0.4, -0.2) is 19.7 Å². The lowest BCUT2D eigenvalue weighted by molar-refractivity contribution is 0.602. The molecule has 21 heavy (non-hydrogen) atoms. The minimum absolute atomic E-state index is 0.195. The van der Waals surface area contributed by atoms with Gasteiger partial charge in [-0.05, 0) is 36.4 Å². The van der Waals surface area contributed by atoms with Crippen LogP contribution in [-0.2, 0) is 9.84 Å². The first-order chi connectivity index (χ1) is 9.83. The first-order valence-corrected chi connectivity index (χ1v) is 8.27. The van der Waals surface area contributed by atoms with Crippen LogP contribution >= 0.6 is 11.6 Å². The minimum atomic E-state index is -3.29. The van der Waals surface area contributed by atoms with Crippen LogP contribution in [0, 0.1) is 0 Å². The van der Waals surface area contributed by atoms with Crippen LogP contribution < -0.4 is 5.73 Å². The second-order valence-corrected chi connectivity index (χ2v) is 7.15. The lowest BCUT2D eigenvalue weighted by Gasteiger charge is -1.98. The number of aromatic nitrogens is 1. The number of halogens is 1. The maximum Gasteiger partial charge on any atom is 0.227 e. The predicted molar refractivity (Wildman–Crippen MR) is 82.0 cm³/mol. The van der Waals surface area contributed by atoms with Crippen molar-refractivity contribution >= 4 is 38.2 Å². The first-order valence-electron chi connectivity index (χ1n) is 6.00. The molecule has 1 aromatic heterocycles. The van der Waals surface area contributed by atoms with E-state index in [0.29, 0.717) is 33.3 Å². The molecule has 0 atom stereocenters. The maximum atomic E-state index is 11.6. The SMILES string of the molecule is CS(=O)(=O)c1ccc2oc(-c3cc(N)cc(Cl)c3)nc2c1. The Morgan fingerprint density at radius 3 is 2.62 bits per heavy atom. The molecule has 3 aromatic rings. The third-order valence-corrected chi connectivity index (χ3v) is 4.28. The molecule has 0 radical (unpaired) electrons. The fourth-order valence-electron chi connectivity index (χ4n) is 2.00. The molecule has 5 nitrogen and oxygen atoms in total. The molecule has 0 saturated heterocycles. The van der Waals surface area contributed by atoms with Crippen molar-refractivity contribution in [3.05, 3.63) is 41.4 Å². The van der Waals surface area contributed by atoms with E-state index in [0.717, 1.165) is 6.26 Å². The van der Waals surface area contributed by atoms with Crippen LogP contribution in [0.25, 0.3) is 22.6 Å². The standard InChI is InChI=1S/C14H11ClN2O3S/c1-21(18,19)11-2-3-13-12(7-11)17-14(20-13)8-4-9(15)6-10(16)5-8/h2-7H,16H2,1H3. The van der Waals surface area contributed by atoms with Crippen LogP contribution in [0.5, 0.6) is 0 Å². The van der Waals surface area contributed by atoms with Gasteiger partial charge in [0.25, 0.3) is 0 Å². The van der Waals surface area contributed by atoms with Crippen molar-refractivity contribution in [3.63, 3.8) is 0 Å². The predicted octanol–water partition coefficient (Wildman–Crippen LogP) is 3.13. The summed E-state index contributed by atoms with van der Waals surface area (Å²) in [6.45, 7) is 0. The number of nitrogens with zero attached hydrogens (tertiary/aromatic N) is 1. The Bertz CT molecular complexity index is 928. The van der Waals surface area contributed by atoms with Gasteiger partial charge in [0.05, 0.1) is 4.90 Å². The molecule has 108 valence electrons. The molecule has 0 aliphatic carbocycles. The molecule has 3 rings (SSSR count). The fraction of sp³-hybridized carbons (Fsp3) is 0.0714. The van der Waals surface area contributed by atoms with Gasteiger partial charge in [-0.15, -0.1) is 0 Å². The molecule has 0 spiro atoms. The lowest BCUT2D eigenvalue weighted by atomic mass is 10.2. The largest absolute Gasteiger partial charge is 0.436 e. The van der Waals surface area contributed by atoms with E-state index in [1.54, 1.807) is 24.3 Å². The van der Waals surface area contributed by atoms with Gasteiger partial charge in [0.1, 0.15) is 5.52 Å². The zero-order valence-corrected chi connectivity index (χ0v) is 12.6. The van der Waals surface area contributed by atoms with Crippen molar-refractivity contribution in [2.75, 3.05) is 12.0 Å². The molecule has 7 heteroatoms. The number of hydrogen-bond acceptors (Lipinski definition) is 5. The summed E-state index contributed by atoms with van der Waals surface area (Å²) >= 11 is 5.96. The van der Waals surface area contributed by atoms with Crippen molar-refractivity contribution in [2.24, 2.45) is 0 Å². The number of benzene rings is 2. The molecule has 0 aliphatic heterocycles. The molecule has 2 N–H and O–H groups in total. The molecular formula is C14H11ClN2O3S. The molecular weight excluding hydrogens is 312 g/mol. The van der Waals surface area contributed by atoms with E-state index in [9.17, 15) is 8.42 Å². The van der Waals surface area contributed by atoms with Crippen LogP contribution in [0.15, 0.2) is 45.7 Å². The summed E-state index contributed by atoms with van der Waals surface area (Å²) in [4.78, 5) is 4.49. The van der Waals surface area contributed by atoms with Gasteiger partial charge in [-0.3, -0.25) is 0 Å². The van der Waals surface area contributed by atoms with E-state index >= 15 is 0 Å². The summed E-state index contributed by atoms with van der Waals surface area (Å²) in [6.07, 6.45) is 1.15. The third-order valence-electron chi connectivity index (χ3n) is 2.95. The topological polar surface area (TPSA) is 86.2 Å². The number of anilines is 1. The lowest BCUT2D eigenvalue weighted by Crippen LogP contribution is -1.95. The normalized spacial score (nSPS) is 11.9. The highest BCUT2D eigenvalue weighted by atomic mass is 35.5. The summed E-state index contributed by atoms with van der Waals surface area (Å²) < 4.78 is 28.7. The van der Waals surface area contributed by atoms with E-state index in [1.807, 2.05) is 0 Å². The van der Waals surface area contributed by atoms with E-state index in [2.05, 4.69) is 4.98 Å². The van der Waals surface area contributed by atoms with Crippen LogP contribution in [0.1, 0.15) is 0 Å². The molecule has 2 aromatic carbocycles. The quantitative estimate of drug-likeness (QED) is 0.732. The Morgan fingerprint density at radius 2 is 1.95 bits per heavy atom. The molecule has 0 amide bonds. The number of fused-ring (bicyclic) bond motifs is 1. The molecule has 0 bridgehead atoms. The monoisotopic (exact) mass is 322 g/mol. The second kappa shape index (κ2) is 4.75. The summed E-state index contributed by atoms with van der Waals surface area (Å²) in [5.41, 5.74) is 7.83. The zero-order chi connectivity index (χ0) is 15.2. The van der Waals surface area contributed by atoms with E-state index in [-0.39, 0.29) is 4.90 Å². The van der Waals surface area contributed by atoms with E-state index in [4.69, 9.17) is 21.8 Å². The first kappa shape index (κ1) is 13.9. The summed E-state index contributed by atoms with van der Waals surface area (Å²) in [6, 6.07) is 9.53. The number of rotatable bonds is 2. The smallest absolute Gasteiger partial charge is 0.227 e. The van der Waals surface area contributed by atoms with Crippen molar-refractivity contribution < 1.29 is 12.8 Å². The van der Waals surface area contributed by atoms with E-state index in [1.165, 1.54) is 12.1 Å². The van der Waals surface area contributed by atoms with Gasteiger partial charge in [0.2, 0.25) is 5.89 Å². The van der Waals surface area contributed by atoms with Crippen LogP contribution in [0.3, 0.4) is 0 Å². The van der Waals surface area contributed by atoms with Crippen LogP contribution in [0.4, 0.5) is 5.69 Å². The average Bonchev–Trinajstić information content (AvgIpc) is 2.79. The fourth-order valence-corrected chi connectivity index (χ4v) is 2.88. The van der Waals surface area contributed by atoms with Gasteiger partial charge in [-0.1, -0.05) is 11.6 Å². The second-order valence-electron chi connectivity index (χ2n) is 4.69. The highest BCUT2D eigenvalue weighted by Crippen LogP contribution is 2.29. The average molecular weight is 323 g/mol. The molecule has 1 heterocycles.